The molecule has 0 saturated heterocycles. The normalized spacial score (nSPS) is 22.3. The number of nitrogens with zero attached hydrogens (tertiary/aromatic N) is 2. The summed E-state index contributed by atoms with van der Waals surface area (Å²) in [6, 6.07) is 0. The van der Waals surface area contributed by atoms with Crippen LogP contribution in [0.1, 0.15) is 6.42 Å². The van der Waals surface area contributed by atoms with Gasteiger partial charge in [0, 0.05) is 28.9 Å². The number of hydrogen-bond donors (Lipinski definition) is 3. The Balaban J connectivity index is 1.83. The molecule has 19 heavy (non-hydrogen) atoms. The second-order valence-electron chi connectivity index (χ2n) is 4.29. The number of aliphatic hydroxyl groups excluding tert-OH is 1. The highest BCUT2D eigenvalue weighted by atomic mass is 32.2. The van der Waals surface area contributed by atoms with Crippen LogP contribution < -0.4 is 5.32 Å². The van der Waals surface area contributed by atoms with Gasteiger partial charge in [0.05, 0.1) is 0 Å². The van der Waals surface area contributed by atoms with Gasteiger partial charge in [-0.3, -0.25) is 0 Å². The largest absolute Gasteiger partial charge is 0.479 e. The Bertz CT molecular complexity index is 600. The van der Waals surface area contributed by atoms with Crippen molar-refractivity contribution in [2.75, 3.05) is 5.32 Å². The van der Waals surface area contributed by atoms with Crippen molar-refractivity contribution in [1.29, 1.82) is 0 Å². The van der Waals surface area contributed by atoms with Crippen molar-refractivity contribution in [2.24, 2.45) is 5.92 Å². The second-order valence-corrected chi connectivity index (χ2v) is 5.32. The Morgan fingerprint density at radius 2 is 2.26 bits per heavy atom. The van der Waals surface area contributed by atoms with E-state index >= 15 is 0 Å². The molecular weight excluding hydrogens is 266 g/mol. The Morgan fingerprint density at radius 1 is 1.47 bits per heavy atom. The van der Waals surface area contributed by atoms with Gasteiger partial charge in [0.2, 0.25) is 0 Å². The maximum absolute atomic E-state index is 10.8. The number of nitrogens with one attached hydrogen (secondary N) is 1. The molecule has 0 fully saturated rings. The fourth-order valence-corrected chi connectivity index (χ4v) is 2.98. The summed E-state index contributed by atoms with van der Waals surface area (Å²) in [6.07, 6.45) is 5.84. The van der Waals surface area contributed by atoms with Crippen molar-refractivity contribution in [3.05, 3.63) is 35.1 Å². The van der Waals surface area contributed by atoms with E-state index in [0.717, 1.165) is 15.6 Å². The SMILES string of the molecule is O=C(O)C(O)C1C=CC2=C(C1)Nc1nccnc1S2. The van der Waals surface area contributed by atoms with Crippen LogP contribution >= 0.6 is 11.8 Å². The number of thioether (sulfide) groups is 1. The van der Waals surface area contributed by atoms with Crippen molar-refractivity contribution < 1.29 is 15.0 Å². The predicted octanol–water partition coefficient (Wildman–Crippen LogP) is 1.23. The lowest BCUT2D eigenvalue weighted by Crippen LogP contribution is -2.30. The standard InChI is InChI=1S/C12H11N3O3S/c16-9(12(17)18)6-1-2-8-7(5-6)15-10-11(19-8)14-4-3-13-10/h1-4,6,9,16H,5H2,(H,13,15)(H,17,18). The maximum atomic E-state index is 10.8. The van der Waals surface area contributed by atoms with E-state index < -0.39 is 18.0 Å². The molecule has 2 atom stereocenters. The van der Waals surface area contributed by atoms with Gasteiger partial charge in [0.1, 0.15) is 5.03 Å². The number of carbonyl (C=O) groups is 1. The highest BCUT2D eigenvalue weighted by molar-refractivity contribution is 8.03. The van der Waals surface area contributed by atoms with Crippen molar-refractivity contribution in [1.82, 2.24) is 9.97 Å². The average molecular weight is 277 g/mol. The fourth-order valence-electron chi connectivity index (χ4n) is 2.06. The lowest BCUT2D eigenvalue weighted by molar-refractivity contribution is -0.148. The zero-order chi connectivity index (χ0) is 13.4. The number of aromatic nitrogens is 2. The van der Waals surface area contributed by atoms with E-state index in [-0.39, 0.29) is 0 Å². The minimum absolute atomic E-state index is 0.428. The second kappa shape index (κ2) is 4.67. The van der Waals surface area contributed by atoms with Gasteiger partial charge >= 0.3 is 5.97 Å². The van der Waals surface area contributed by atoms with Crippen LogP contribution in [0.3, 0.4) is 0 Å². The van der Waals surface area contributed by atoms with Gasteiger partial charge in [-0.05, 0) is 6.42 Å². The van der Waals surface area contributed by atoms with Gasteiger partial charge in [0.25, 0.3) is 0 Å². The molecule has 2 unspecified atom stereocenters. The third kappa shape index (κ3) is 2.22. The minimum atomic E-state index is -1.39. The molecule has 0 bridgehead atoms. The molecule has 3 rings (SSSR count). The lowest BCUT2D eigenvalue weighted by atomic mass is 9.92. The van der Waals surface area contributed by atoms with Crippen LogP contribution in [0, 0.1) is 5.92 Å². The number of rotatable bonds is 2. The van der Waals surface area contributed by atoms with E-state index in [1.807, 2.05) is 6.08 Å². The number of hydrogen-bond acceptors (Lipinski definition) is 6. The third-order valence-electron chi connectivity index (χ3n) is 3.03. The van der Waals surface area contributed by atoms with Crippen molar-refractivity contribution in [3.8, 4) is 0 Å². The molecule has 2 heterocycles. The van der Waals surface area contributed by atoms with Crippen LogP contribution in [0.5, 0.6) is 0 Å². The first-order chi connectivity index (χ1) is 9.15. The van der Waals surface area contributed by atoms with Crippen molar-refractivity contribution >= 4 is 23.5 Å². The van der Waals surface area contributed by atoms with Crippen molar-refractivity contribution in [3.63, 3.8) is 0 Å². The van der Waals surface area contributed by atoms with E-state index in [2.05, 4.69) is 15.3 Å². The smallest absolute Gasteiger partial charge is 0.333 e. The van der Waals surface area contributed by atoms with Gasteiger partial charge in [-0.2, -0.15) is 0 Å². The Kier molecular flexibility index (Phi) is 3.00. The molecule has 1 aliphatic carbocycles. The zero-order valence-electron chi connectivity index (χ0n) is 9.78. The number of aliphatic carboxylic acids is 1. The molecule has 1 aromatic rings. The summed E-state index contributed by atoms with van der Waals surface area (Å²) in [6.45, 7) is 0. The average Bonchev–Trinajstić information content (AvgIpc) is 2.43. The number of carboxylic acids is 1. The van der Waals surface area contributed by atoms with E-state index in [1.54, 1.807) is 18.5 Å². The van der Waals surface area contributed by atoms with E-state index in [1.165, 1.54) is 11.8 Å². The molecule has 6 nitrogen and oxygen atoms in total. The quantitative estimate of drug-likeness (QED) is 0.748. The summed E-state index contributed by atoms with van der Waals surface area (Å²) < 4.78 is 0. The molecule has 0 aromatic carbocycles. The minimum Gasteiger partial charge on any atom is -0.479 e. The maximum Gasteiger partial charge on any atom is 0.333 e. The van der Waals surface area contributed by atoms with Crippen LogP contribution in [0.25, 0.3) is 0 Å². The zero-order valence-corrected chi connectivity index (χ0v) is 10.6. The van der Waals surface area contributed by atoms with E-state index in [4.69, 9.17) is 5.11 Å². The fraction of sp³-hybridized carbons (Fsp3) is 0.250. The highest BCUT2D eigenvalue weighted by Gasteiger charge is 2.30. The van der Waals surface area contributed by atoms with E-state index in [0.29, 0.717) is 12.2 Å². The van der Waals surface area contributed by atoms with Gasteiger partial charge in [-0.15, -0.1) is 0 Å². The summed E-state index contributed by atoms with van der Waals surface area (Å²) in [4.78, 5) is 20.2. The van der Waals surface area contributed by atoms with Gasteiger partial charge < -0.3 is 15.5 Å². The van der Waals surface area contributed by atoms with E-state index in [9.17, 15) is 9.90 Å². The summed E-state index contributed by atoms with van der Waals surface area (Å²) in [5.41, 5.74) is 0.880. The molecule has 3 N–H and O–H groups in total. The van der Waals surface area contributed by atoms with Crippen LogP contribution in [0.4, 0.5) is 5.82 Å². The summed E-state index contributed by atoms with van der Waals surface area (Å²) in [5.74, 6) is -0.963. The summed E-state index contributed by atoms with van der Waals surface area (Å²) in [7, 11) is 0. The monoisotopic (exact) mass is 277 g/mol. The number of anilines is 1. The van der Waals surface area contributed by atoms with Crippen molar-refractivity contribution in [2.45, 2.75) is 17.6 Å². The Labute approximate surface area is 113 Å². The number of aliphatic hydroxyl groups is 1. The first-order valence-corrected chi connectivity index (χ1v) is 6.55. The number of carboxylic acid groups (broad SMARTS) is 1. The van der Waals surface area contributed by atoms with Crippen LogP contribution in [-0.4, -0.2) is 32.3 Å². The molecule has 0 radical (unpaired) electrons. The first kappa shape index (κ1) is 12.2. The summed E-state index contributed by atoms with van der Waals surface area (Å²) in [5, 5.41) is 22.4. The molecule has 2 aliphatic rings. The molecular formula is C12H11N3O3S. The molecule has 7 heteroatoms. The topological polar surface area (TPSA) is 95.3 Å². The van der Waals surface area contributed by atoms with Gasteiger partial charge in [0.15, 0.2) is 11.9 Å². The Morgan fingerprint density at radius 3 is 3.05 bits per heavy atom. The third-order valence-corrected chi connectivity index (χ3v) is 4.13. The summed E-state index contributed by atoms with van der Waals surface area (Å²) >= 11 is 1.49. The number of fused-ring (bicyclic) bond motifs is 1. The molecule has 1 aromatic heterocycles. The lowest BCUT2D eigenvalue weighted by Gasteiger charge is -2.27. The first-order valence-electron chi connectivity index (χ1n) is 5.73. The predicted molar refractivity (Wildman–Crippen MR) is 69.4 cm³/mol. The van der Waals surface area contributed by atoms with Crippen LogP contribution in [0.15, 0.2) is 40.2 Å². The molecule has 0 saturated carbocycles. The highest BCUT2D eigenvalue weighted by Crippen LogP contribution is 2.42. The van der Waals surface area contributed by atoms with Crippen LogP contribution in [-0.2, 0) is 4.79 Å². The molecule has 98 valence electrons. The molecule has 1 aliphatic heterocycles. The molecule has 0 spiro atoms. The molecule has 0 amide bonds. The Hall–Kier alpha value is -1.86. The van der Waals surface area contributed by atoms with Crippen LogP contribution in [0.2, 0.25) is 0 Å². The number of allylic oxidation sites excluding steroid dienone is 2. The van der Waals surface area contributed by atoms with Gasteiger partial charge in [-0.1, -0.05) is 23.9 Å². The van der Waals surface area contributed by atoms with Gasteiger partial charge in [-0.25, -0.2) is 14.8 Å².